The SMILES string of the molecule is Nc1[nH]ncc1-c1ccc(C2CN3CCC2CC3)cc1. The summed E-state index contributed by atoms with van der Waals surface area (Å²) in [6.07, 6.45) is 4.51. The zero-order valence-electron chi connectivity index (χ0n) is 11.5. The molecule has 20 heavy (non-hydrogen) atoms. The lowest BCUT2D eigenvalue weighted by Crippen LogP contribution is -2.46. The number of piperidine rings is 3. The van der Waals surface area contributed by atoms with Crippen LogP contribution in [-0.2, 0) is 0 Å². The normalized spacial score (nSPS) is 28.7. The van der Waals surface area contributed by atoms with E-state index in [-0.39, 0.29) is 0 Å². The molecule has 3 aliphatic heterocycles. The van der Waals surface area contributed by atoms with Crippen molar-refractivity contribution in [2.24, 2.45) is 5.92 Å². The van der Waals surface area contributed by atoms with E-state index in [1.54, 1.807) is 6.20 Å². The molecule has 5 rings (SSSR count). The Morgan fingerprint density at radius 2 is 1.90 bits per heavy atom. The molecule has 4 nitrogen and oxygen atoms in total. The fraction of sp³-hybridized carbons (Fsp3) is 0.438. The summed E-state index contributed by atoms with van der Waals surface area (Å²) in [6.45, 7) is 3.83. The smallest absolute Gasteiger partial charge is 0.126 e. The number of nitrogens with zero attached hydrogens (tertiary/aromatic N) is 2. The van der Waals surface area contributed by atoms with Gasteiger partial charge in [0.1, 0.15) is 5.82 Å². The van der Waals surface area contributed by atoms with E-state index in [9.17, 15) is 0 Å². The third kappa shape index (κ3) is 1.91. The predicted octanol–water partition coefficient (Wildman–Crippen LogP) is 2.47. The van der Waals surface area contributed by atoms with Gasteiger partial charge in [0, 0.05) is 12.1 Å². The fourth-order valence-electron chi connectivity index (χ4n) is 3.78. The monoisotopic (exact) mass is 268 g/mol. The number of anilines is 1. The summed E-state index contributed by atoms with van der Waals surface area (Å²) in [5, 5.41) is 6.77. The topological polar surface area (TPSA) is 57.9 Å². The molecule has 4 heterocycles. The second-order valence-electron chi connectivity index (χ2n) is 6.06. The van der Waals surface area contributed by atoms with Crippen molar-refractivity contribution in [2.45, 2.75) is 18.8 Å². The molecule has 1 atom stereocenters. The van der Waals surface area contributed by atoms with Gasteiger partial charge in [0.15, 0.2) is 0 Å². The van der Waals surface area contributed by atoms with Crippen LogP contribution in [0.5, 0.6) is 0 Å². The van der Waals surface area contributed by atoms with Crippen LogP contribution in [0.15, 0.2) is 30.5 Å². The number of aromatic amines is 1. The van der Waals surface area contributed by atoms with Gasteiger partial charge in [0.05, 0.1) is 6.20 Å². The summed E-state index contributed by atoms with van der Waals surface area (Å²) in [5.41, 5.74) is 9.49. The van der Waals surface area contributed by atoms with Crippen LogP contribution in [0.2, 0.25) is 0 Å². The predicted molar refractivity (Wildman–Crippen MR) is 80.3 cm³/mol. The molecule has 3 aliphatic rings. The molecule has 0 radical (unpaired) electrons. The standard InChI is InChI=1S/C16H20N4/c17-16-14(9-18-19-16)11-1-3-12(4-2-11)15-10-20-7-5-13(15)6-8-20/h1-4,9,13,15H,5-8,10H2,(H3,17,18,19). The molecule has 4 heteroatoms. The summed E-state index contributed by atoms with van der Waals surface area (Å²) in [6, 6.07) is 8.89. The van der Waals surface area contributed by atoms with E-state index < -0.39 is 0 Å². The van der Waals surface area contributed by atoms with Gasteiger partial charge in [0.25, 0.3) is 0 Å². The fourth-order valence-corrected chi connectivity index (χ4v) is 3.78. The molecule has 1 unspecified atom stereocenters. The van der Waals surface area contributed by atoms with Gasteiger partial charge in [0.2, 0.25) is 0 Å². The molecule has 3 saturated heterocycles. The Labute approximate surface area is 119 Å². The summed E-state index contributed by atoms with van der Waals surface area (Å²) in [5.74, 6) is 2.23. The van der Waals surface area contributed by atoms with Gasteiger partial charge in [-0.25, -0.2) is 0 Å². The summed E-state index contributed by atoms with van der Waals surface area (Å²) in [4.78, 5) is 2.60. The number of nitrogens with two attached hydrogens (primary N) is 1. The third-order valence-corrected chi connectivity index (χ3v) is 4.97. The van der Waals surface area contributed by atoms with Gasteiger partial charge in [-0.1, -0.05) is 24.3 Å². The van der Waals surface area contributed by atoms with Gasteiger partial charge in [-0.05, 0) is 48.9 Å². The van der Waals surface area contributed by atoms with E-state index >= 15 is 0 Å². The Hall–Kier alpha value is -1.81. The van der Waals surface area contributed by atoms with Gasteiger partial charge < -0.3 is 10.6 Å². The summed E-state index contributed by atoms with van der Waals surface area (Å²) >= 11 is 0. The minimum Gasteiger partial charge on any atom is -0.384 e. The van der Waals surface area contributed by atoms with Crippen LogP contribution < -0.4 is 5.73 Å². The number of benzene rings is 1. The minimum absolute atomic E-state index is 0.639. The highest BCUT2D eigenvalue weighted by Crippen LogP contribution is 2.39. The zero-order valence-corrected chi connectivity index (χ0v) is 11.5. The van der Waals surface area contributed by atoms with E-state index in [2.05, 4.69) is 39.4 Å². The van der Waals surface area contributed by atoms with Crippen LogP contribution >= 0.6 is 0 Å². The molecule has 0 saturated carbocycles. The van der Waals surface area contributed by atoms with Crippen molar-refractivity contribution in [3.05, 3.63) is 36.0 Å². The number of nitrogens with one attached hydrogen (secondary N) is 1. The maximum absolute atomic E-state index is 5.88. The number of nitrogen functional groups attached to an aromatic ring is 1. The van der Waals surface area contributed by atoms with Crippen LogP contribution in [0.25, 0.3) is 11.1 Å². The molecule has 1 aromatic carbocycles. The third-order valence-electron chi connectivity index (χ3n) is 4.97. The first-order valence-corrected chi connectivity index (χ1v) is 7.43. The average Bonchev–Trinajstić information content (AvgIpc) is 2.95. The second kappa shape index (κ2) is 4.63. The van der Waals surface area contributed by atoms with Crippen molar-refractivity contribution in [2.75, 3.05) is 25.4 Å². The Morgan fingerprint density at radius 3 is 2.45 bits per heavy atom. The first kappa shape index (κ1) is 12.0. The van der Waals surface area contributed by atoms with Gasteiger partial charge in [-0.15, -0.1) is 0 Å². The zero-order chi connectivity index (χ0) is 13.5. The highest BCUT2D eigenvalue weighted by atomic mass is 15.1. The minimum atomic E-state index is 0.639. The van der Waals surface area contributed by atoms with Crippen molar-refractivity contribution in [1.82, 2.24) is 15.1 Å². The van der Waals surface area contributed by atoms with Crippen LogP contribution in [0.3, 0.4) is 0 Å². The Kier molecular flexibility index (Phi) is 2.77. The molecule has 0 amide bonds. The van der Waals surface area contributed by atoms with E-state index in [1.165, 1.54) is 38.0 Å². The largest absolute Gasteiger partial charge is 0.384 e. The van der Waals surface area contributed by atoms with Crippen LogP contribution in [0.4, 0.5) is 5.82 Å². The highest BCUT2D eigenvalue weighted by Gasteiger charge is 2.34. The molecular formula is C16H20N4. The van der Waals surface area contributed by atoms with Crippen LogP contribution in [0.1, 0.15) is 24.3 Å². The number of H-pyrrole nitrogens is 1. The van der Waals surface area contributed by atoms with Gasteiger partial charge in [-0.3, -0.25) is 5.10 Å². The Morgan fingerprint density at radius 1 is 1.15 bits per heavy atom. The Bertz CT molecular complexity index is 593. The van der Waals surface area contributed by atoms with Gasteiger partial charge >= 0.3 is 0 Å². The van der Waals surface area contributed by atoms with Crippen molar-refractivity contribution < 1.29 is 0 Å². The Balaban J connectivity index is 1.60. The van der Waals surface area contributed by atoms with E-state index in [0.29, 0.717) is 11.7 Å². The lowest BCUT2D eigenvalue weighted by Gasteiger charge is -2.45. The van der Waals surface area contributed by atoms with E-state index in [4.69, 9.17) is 5.73 Å². The summed E-state index contributed by atoms with van der Waals surface area (Å²) in [7, 11) is 0. The molecule has 0 spiro atoms. The second-order valence-corrected chi connectivity index (χ2v) is 6.06. The number of aromatic nitrogens is 2. The van der Waals surface area contributed by atoms with E-state index in [0.717, 1.165) is 17.0 Å². The maximum atomic E-state index is 5.88. The molecule has 2 aromatic rings. The quantitative estimate of drug-likeness (QED) is 0.879. The number of hydrogen-bond donors (Lipinski definition) is 2. The van der Waals surface area contributed by atoms with Crippen LogP contribution in [-0.4, -0.2) is 34.7 Å². The average molecular weight is 268 g/mol. The molecular weight excluding hydrogens is 248 g/mol. The molecule has 3 fully saturated rings. The van der Waals surface area contributed by atoms with Crippen LogP contribution in [0, 0.1) is 5.92 Å². The first-order chi connectivity index (χ1) is 9.81. The van der Waals surface area contributed by atoms with Crippen molar-refractivity contribution in [1.29, 1.82) is 0 Å². The molecule has 1 aromatic heterocycles. The highest BCUT2D eigenvalue weighted by molar-refractivity contribution is 5.73. The summed E-state index contributed by atoms with van der Waals surface area (Å²) < 4.78 is 0. The molecule has 3 N–H and O–H groups in total. The first-order valence-electron chi connectivity index (χ1n) is 7.43. The molecule has 104 valence electrons. The van der Waals surface area contributed by atoms with Crippen molar-refractivity contribution >= 4 is 5.82 Å². The van der Waals surface area contributed by atoms with Crippen molar-refractivity contribution in [3.63, 3.8) is 0 Å². The maximum Gasteiger partial charge on any atom is 0.126 e. The number of rotatable bonds is 2. The van der Waals surface area contributed by atoms with Crippen molar-refractivity contribution in [3.8, 4) is 11.1 Å². The number of hydrogen-bond acceptors (Lipinski definition) is 3. The lowest BCUT2D eigenvalue weighted by atomic mass is 9.75. The van der Waals surface area contributed by atoms with Gasteiger partial charge in [-0.2, -0.15) is 5.10 Å². The molecule has 0 aliphatic carbocycles. The lowest BCUT2D eigenvalue weighted by molar-refractivity contribution is 0.0871. The number of fused-ring (bicyclic) bond motifs is 3. The molecule has 2 bridgehead atoms. The van der Waals surface area contributed by atoms with E-state index in [1.807, 2.05) is 0 Å².